The van der Waals surface area contributed by atoms with Crippen LogP contribution in [0.25, 0.3) is 0 Å². The number of Topliss-reactive ketones (excluding diaryl/α,β-unsaturated/α-hetero) is 1. The largest absolute Gasteiger partial charge is 0.445 e. The minimum atomic E-state index is -0.626. The Morgan fingerprint density at radius 2 is 1.91 bits per heavy atom. The molecule has 0 aromatic heterocycles. The maximum absolute atomic E-state index is 13.4. The lowest BCUT2D eigenvalue weighted by molar-refractivity contribution is -0.151. The van der Waals surface area contributed by atoms with E-state index in [2.05, 4.69) is 17.1 Å². The first-order chi connectivity index (χ1) is 15.8. The fraction of sp³-hybridized carbons (Fsp3) is 0.885. The first-order valence-corrected chi connectivity index (χ1v) is 13.1. The average molecular weight is 459 g/mol. The summed E-state index contributed by atoms with van der Waals surface area (Å²) in [6.07, 6.45) is 5.91. The lowest BCUT2D eigenvalue weighted by Gasteiger charge is -2.53. The van der Waals surface area contributed by atoms with E-state index in [1.807, 2.05) is 6.92 Å². The molecule has 1 spiro atoms. The highest BCUT2D eigenvalue weighted by atomic mass is 16.6. The van der Waals surface area contributed by atoms with Gasteiger partial charge in [-0.2, -0.15) is 0 Å². The van der Waals surface area contributed by atoms with Crippen LogP contribution < -0.4 is 5.32 Å². The highest BCUT2D eigenvalue weighted by Gasteiger charge is 2.76. The molecule has 2 saturated heterocycles. The molecule has 4 aliphatic carbocycles. The molecule has 33 heavy (non-hydrogen) atoms. The predicted octanol–water partition coefficient (Wildman–Crippen LogP) is 3.02. The summed E-state index contributed by atoms with van der Waals surface area (Å²) in [5.41, 5.74) is -0.165. The van der Waals surface area contributed by atoms with Crippen molar-refractivity contribution in [2.75, 3.05) is 26.7 Å². The molecule has 6 rings (SSSR count). The number of ether oxygens (including phenoxy) is 2. The monoisotopic (exact) mass is 458 g/mol. The zero-order valence-electron chi connectivity index (χ0n) is 20.2. The Hall–Kier alpha value is -1.47. The SMILES string of the molecule is CO[C@@H]1CCC23CC[C@H]4C[C@@]4(C12)[C@H](OC(=O)NC(=O)[C@H]1CN2CC[C@@H]1C2)CC(C)C(=O)[C@@H]3C. The molecule has 1 N–H and O–H groups in total. The van der Waals surface area contributed by atoms with Gasteiger partial charge in [0.25, 0.3) is 0 Å². The quantitative estimate of drug-likeness (QED) is 0.700. The van der Waals surface area contributed by atoms with E-state index in [9.17, 15) is 14.4 Å². The minimum Gasteiger partial charge on any atom is -0.445 e. The molecule has 0 aromatic carbocycles. The highest BCUT2D eigenvalue weighted by molar-refractivity contribution is 5.93. The van der Waals surface area contributed by atoms with Gasteiger partial charge in [0.1, 0.15) is 11.9 Å². The van der Waals surface area contributed by atoms with Crippen molar-refractivity contribution in [3.8, 4) is 0 Å². The number of methoxy groups -OCH3 is 1. The van der Waals surface area contributed by atoms with Crippen molar-refractivity contribution in [2.24, 2.45) is 46.3 Å². The van der Waals surface area contributed by atoms with Gasteiger partial charge in [0.05, 0.1) is 12.0 Å². The van der Waals surface area contributed by atoms with Gasteiger partial charge in [0.15, 0.2) is 0 Å². The van der Waals surface area contributed by atoms with Crippen molar-refractivity contribution in [2.45, 2.75) is 71.0 Å². The lowest BCUT2D eigenvalue weighted by atomic mass is 9.52. The summed E-state index contributed by atoms with van der Waals surface area (Å²) in [7, 11) is 1.79. The van der Waals surface area contributed by atoms with E-state index in [0.29, 0.717) is 24.0 Å². The Labute approximate surface area is 196 Å². The molecule has 4 unspecified atom stereocenters. The summed E-state index contributed by atoms with van der Waals surface area (Å²) >= 11 is 0. The van der Waals surface area contributed by atoms with Gasteiger partial charge in [0, 0.05) is 43.4 Å². The molecule has 11 atom stereocenters. The molecule has 7 nitrogen and oxygen atoms in total. The summed E-state index contributed by atoms with van der Waals surface area (Å²) < 4.78 is 12.1. The molecule has 7 heteroatoms. The summed E-state index contributed by atoms with van der Waals surface area (Å²) in [5.74, 6) is 0.957. The van der Waals surface area contributed by atoms with Crippen LogP contribution in [0.1, 0.15) is 58.8 Å². The molecule has 4 saturated carbocycles. The predicted molar refractivity (Wildman–Crippen MR) is 120 cm³/mol. The number of piperidine rings is 1. The van der Waals surface area contributed by atoms with Crippen LogP contribution in [0, 0.1) is 46.3 Å². The smallest absolute Gasteiger partial charge is 0.414 e. The van der Waals surface area contributed by atoms with Crippen molar-refractivity contribution in [3.05, 3.63) is 0 Å². The van der Waals surface area contributed by atoms with E-state index in [-0.39, 0.29) is 52.6 Å². The molecule has 6 aliphatic rings. The standard InChI is InChI=1S/C26H38N2O5/c1-14-10-20(33-24(31)27-23(30)18-13-28-9-6-16(18)12-28)26-11-17(26)4-7-25(15(2)21(14)29)8-5-19(32-3)22(25)26/h14-20,22H,4-13H2,1-3H3,(H,27,30,31)/t14?,15-,16+,17-,18-,19+,20+,22?,25?,26-/m0/s1. The molecule has 2 aliphatic heterocycles. The Morgan fingerprint density at radius 1 is 1.12 bits per heavy atom. The molecular weight excluding hydrogens is 420 g/mol. The normalized spacial score (nSPS) is 51.8. The Kier molecular flexibility index (Phi) is 5.01. The van der Waals surface area contributed by atoms with E-state index in [1.165, 1.54) is 0 Å². The van der Waals surface area contributed by atoms with Crippen LogP contribution in [0.3, 0.4) is 0 Å². The lowest BCUT2D eigenvalue weighted by Crippen LogP contribution is -2.55. The summed E-state index contributed by atoms with van der Waals surface area (Å²) in [4.78, 5) is 41.6. The molecule has 2 amide bonds. The number of nitrogens with one attached hydrogen (secondary N) is 1. The van der Waals surface area contributed by atoms with Gasteiger partial charge in [-0.1, -0.05) is 13.8 Å². The van der Waals surface area contributed by atoms with Crippen LogP contribution in [0.2, 0.25) is 0 Å². The van der Waals surface area contributed by atoms with Crippen LogP contribution in [0.5, 0.6) is 0 Å². The average Bonchev–Trinajstić information content (AvgIpc) is 3.12. The first kappa shape index (κ1) is 22.0. The second-order valence-electron chi connectivity index (χ2n) is 12.1. The Bertz CT molecular complexity index is 877. The Morgan fingerprint density at radius 3 is 2.61 bits per heavy atom. The van der Waals surface area contributed by atoms with Gasteiger partial charge in [-0.3, -0.25) is 14.9 Å². The molecular formula is C26H38N2O5. The minimum absolute atomic E-state index is 0.0141. The summed E-state index contributed by atoms with van der Waals surface area (Å²) in [5, 5.41) is 2.57. The fourth-order valence-electron chi connectivity index (χ4n) is 9.34. The van der Waals surface area contributed by atoms with Gasteiger partial charge in [-0.05, 0) is 68.7 Å². The second-order valence-corrected chi connectivity index (χ2v) is 12.1. The number of nitrogens with zero attached hydrogens (tertiary/aromatic N) is 1. The van der Waals surface area contributed by atoms with Crippen LogP contribution in [-0.4, -0.2) is 61.6 Å². The zero-order valence-corrected chi connectivity index (χ0v) is 20.2. The van der Waals surface area contributed by atoms with Gasteiger partial charge < -0.3 is 14.4 Å². The van der Waals surface area contributed by atoms with Crippen molar-refractivity contribution in [3.63, 3.8) is 0 Å². The molecule has 6 fully saturated rings. The van der Waals surface area contributed by atoms with Gasteiger partial charge in [-0.25, -0.2) is 4.79 Å². The number of amides is 2. The van der Waals surface area contributed by atoms with E-state index in [0.717, 1.165) is 58.2 Å². The van der Waals surface area contributed by atoms with Crippen LogP contribution in [0.4, 0.5) is 4.79 Å². The number of hydrogen-bond donors (Lipinski definition) is 1. The number of fused-ring (bicyclic) bond motifs is 2. The van der Waals surface area contributed by atoms with E-state index < -0.39 is 6.09 Å². The van der Waals surface area contributed by atoms with Crippen molar-refractivity contribution < 1.29 is 23.9 Å². The van der Waals surface area contributed by atoms with E-state index >= 15 is 0 Å². The summed E-state index contributed by atoms with van der Waals surface area (Å²) in [6.45, 7) is 6.88. The van der Waals surface area contributed by atoms with Gasteiger partial charge in [-0.15, -0.1) is 0 Å². The number of carbonyl (C=O) groups is 3. The van der Waals surface area contributed by atoms with Gasteiger partial charge >= 0.3 is 6.09 Å². The fourth-order valence-corrected chi connectivity index (χ4v) is 9.34. The van der Waals surface area contributed by atoms with Crippen molar-refractivity contribution in [1.82, 2.24) is 10.2 Å². The number of hydrogen-bond acceptors (Lipinski definition) is 6. The molecule has 182 valence electrons. The highest BCUT2D eigenvalue weighted by Crippen LogP contribution is 2.77. The second kappa shape index (κ2) is 7.51. The topological polar surface area (TPSA) is 84.9 Å². The number of alkyl carbamates (subject to hydrolysis) is 1. The number of ketones is 1. The maximum atomic E-state index is 13.4. The van der Waals surface area contributed by atoms with E-state index in [1.54, 1.807) is 7.11 Å². The van der Waals surface area contributed by atoms with Crippen LogP contribution in [-0.2, 0) is 19.1 Å². The number of carbonyl (C=O) groups excluding carboxylic acids is 3. The Balaban J connectivity index is 1.25. The zero-order chi connectivity index (χ0) is 23.1. The molecule has 2 heterocycles. The van der Waals surface area contributed by atoms with Gasteiger partial charge in [0.2, 0.25) is 5.91 Å². The third-order valence-electron chi connectivity index (χ3n) is 11.0. The third-order valence-corrected chi connectivity index (χ3v) is 11.0. The van der Waals surface area contributed by atoms with Crippen molar-refractivity contribution in [1.29, 1.82) is 0 Å². The first-order valence-electron chi connectivity index (χ1n) is 13.1. The van der Waals surface area contributed by atoms with Crippen LogP contribution >= 0.6 is 0 Å². The third kappa shape index (κ3) is 3.03. The molecule has 0 aromatic rings. The number of imide groups is 1. The van der Waals surface area contributed by atoms with E-state index in [4.69, 9.17) is 9.47 Å². The number of rotatable bonds is 3. The molecule has 0 radical (unpaired) electrons. The summed E-state index contributed by atoms with van der Waals surface area (Å²) in [6, 6.07) is 0. The van der Waals surface area contributed by atoms with Crippen LogP contribution in [0.15, 0.2) is 0 Å². The maximum Gasteiger partial charge on any atom is 0.414 e. The van der Waals surface area contributed by atoms with Crippen molar-refractivity contribution >= 4 is 17.8 Å². The molecule has 4 bridgehead atoms.